The van der Waals surface area contributed by atoms with Crippen molar-refractivity contribution < 1.29 is 0 Å². The second-order valence-electron chi connectivity index (χ2n) is 4.14. The van der Waals surface area contributed by atoms with Gasteiger partial charge in [0.25, 0.3) is 0 Å². The number of nitrogens with one attached hydrogen (secondary N) is 1. The predicted octanol–water partition coefficient (Wildman–Crippen LogP) is 2.33. The molecule has 1 aliphatic rings. The summed E-state index contributed by atoms with van der Waals surface area (Å²) in [5.74, 6) is 0.717. The molecule has 0 spiro atoms. The van der Waals surface area contributed by atoms with Crippen LogP contribution in [0, 0.1) is 0 Å². The van der Waals surface area contributed by atoms with Crippen molar-refractivity contribution in [2.75, 3.05) is 7.05 Å². The van der Waals surface area contributed by atoms with E-state index in [0.717, 1.165) is 5.92 Å². The molecule has 0 aliphatic heterocycles. The van der Waals surface area contributed by atoms with E-state index in [-0.39, 0.29) is 0 Å². The van der Waals surface area contributed by atoms with E-state index in [2.05, 4.69) is 23.4 Å². The van der Waals surface area contributed by atoms with Gasteiger partial charge in [-0.25, -0.2) is 0 Å². The maximum absolute atomic E-state index is 4.19. The Morgan fingerprint density at radius 2 is 2.36 bits per heavy atom. The minimum absolute atomic E-state index is 0.703. The third-order valence-corrected chi connectivity index (χ3v) is 3.24. The molecule has 0 saturated heterocycles. The van der Waals surface area contributed by atoms with Gasteiger partial charge in [-0.1, -0.05) is 12.5 Å². The smallest absolute Gasteiger partial charge is 0.0302 e. The van der Waals surface area contributed by atoms with E-state index in [1.165, 1.54) is 31.2 Å². The molecule has 1 aromatic heterocycles. The molecule has 1 aromatic rings. The average molecular weight is 190 g/mol. The van der Waals surface area contributed by atoms with Gasteiger partial charge in [-0.2, -0.15) is 0 Å². The molecule has 2 nitrogen and oxygen atoms in total. The highest BCUT2D eigenvalue weighted by Gasteiger charge is 2.21. The fourth-order valence-electron chi connectivity index (χ4n) is 2.37. The summed E-state index contributed by atoms with van der Waals surface area (Å²) in [4.78, 5) is 4.19. The second-order valence-corrected chi connectivity index (χ2v) is 4.14. The predicted molar refractivity (Wildman–Crippen MR) is 58.3 cm³/mol. The maximum Gasteiger partial charge on any atom is 0.0302 e. The van der Waals surface area contributed by atoms with Gasteiger partial charge in [0.05, 0.1) is 0 Å². The van der Waals surface area contributed by atoms with Gasteiger partial charge < -0.3 is 5.32 Å². The molecular formula is C12H18N2. The lowest BCUT2D eigenvalue weighted by molar-refractivity contribution is 0.355. The number of rotatable bonds is 2. The highest BCUT2D eigenvalue weighted by Crippen LogP contribution is 2.32. The van der Waals surface area contributed by atoms with Crippen LogP contribution in [0.5, 0.6) is 0 Å². The van der Waals surface area contributed by atoms with E-state index in [0.29, 0.717) is 6.04 Å². The summed E-state index contributed by atoms with van der Waals surface area (Å²) in [6.45, 7) is 0. The van der Waals surface area contributed by atoms with Gasteiger partial charge in [0.15, 0.2) is 0 Å². The van der Waals surface area contributed by atoms with Gasteiger partial charge >= 0.3 is 0 Å². The van der Waals surface area contributed by atoms with Crippen LogP contribution in [0.1, 0.15) is 37.2 Å². The standard InChI is InChI=1S/C12H18N2/c1-13-12-6-2-4-10(8-12)11-5-3-7-14-9-11/h3,5,7,9-10,12-13H,2,4,6,8H2,1H3. The topological polar surface area (TPSA) is 24.9 Å². The Morgan fingerprint density at radius 3 is 3.07 bits per heavy atom. The summed E-state index contributed by atoms with van der Waals surface area (Å²) in [7, 11) is 2.07. The van der Waals surface area contributed by atoms with Crippen LogP contribution in [0.25, 0.3) is 0 Å². The highest BCUT2D eigenvalue weighted by molar-refractivity contribution is 5.15. The van der Waals surface area contributed by atoms with E-state index in [1.54, 1.807) is 0 Å². The zero-order chi connectivity index (χ0) is 9.80. The molecule has 76 valence electrons. The Hall–Kier alpha value is -0.890. The molecule has 1 saturated carbocycles. The Bertz CT molecular complexity index is 271. The molecule has 1 heterocycles. The molecule has 14 heavy (non-hydrogen) atoms. The van der Waals surface area contributed by atoms with Crippen LogP contribution in [-0.2, 0) is 0 Å². The van der Waals surface area contributed by atoms with Crippen LogP contribution in [-0.4, -0.2) is 18.1 Å². The molecule has 0 aromatic carbocycles. The zero-order valence-corrected chi connectivity index (χ0v) is 8.74. The Balaban J connectivity index is 2.04. The van der Waals surface area contributed by atoms with Gasteiger partial charge in [-0.15, -0.1) is 0 Å². The minimum Gasteiger partial charge on any atom is -0.317 e. The van der Waals surface area contributed by atoms with Crippen molar-refractivity contribution in [2.45, 2.75) is 37.6 Å². The summed E-state index contributed by atoms with van der Waals surface area (Å²) in [6, 6.07) is 4.95. The molecule has 1 aliphatic carbocycles. The molecule has 2 atom stereocenters. The van der Waals surface area contributed by atoms with E-state index in [9.17, 15) is 0 Å². The average Bonchev–Trinajstić information content (AvgIpc) is 2.30. The van der Waals surface area contributed by atoms with Crippen molar-refractivity contribution in [1.29, 1.82) is 0 Å². The lowest BCUT2D eigenvalue weighted by Crippen LogP contribution is -2.30. The molecule has 0 amide bonds. The quantitative estimate of drug-likeness (QED) is 0.774. The Morgan fingerprint density at radius 1 is 1.43 bits per heavy atom. The molecule has 0 radical (unpaired) electrons. The lowest BCUT2D eigenvalue weighted by Gasteiger charge is -2.28. The fourth-order valence-corrected chi connectivity index (χ4v) is 2.37. The first-order valence-corrected chi connectivity index (χ1v) is 5.47. The first-order valence-electron chi connectivity index (χ1n) is 5.47. The van der Waals surface area contributed by atoms with Crippen LogP contribution < -0.4 is 5.32 Å². The molecule has 2 unspecified atom stereocenters. The fraction of sp³-hybridized carbons (Fsp3) is 0.583. The lowest BCUT2D eigenvalue weighted by atomic mass is 9.82. The first kappa shape index (κ1) is 9.66. The van der Waals surface area contributed by atoms with Gasteiger partial charge in [-0.3, -0.25) is 4.98 Å². The van der Waals surface area contributed by atoms with Crippen LogP contribution in [0.3, 0.4) is 0 Å². The maximum atomic E-state index is 4.19. The summed E-state index contributed by atoms with van der Waals surface area (Å²) < 4.78 is 0. The normalized spacial score (nSPS) is 27.5. The van der Waals surface area contributed by atoms with E-state index >= 15 is 0 Å². The molecule has 1 N–H and O–H groups in total. The first-order chi connectivity index (χ1) is 6.90. The number of nitrogens with zero attached hydrogens (tertiary/aromatic N) is 1. The van der Waals surface area contributed by atoms with Gasteiger partial charge in [0, 0.05) is 18.4 Å². The SMILES string of the molecule is CNC1CCCC(c2cccnc2)C1. The molecular weight excluding hydrogens is 172 g/mol. The van der Waals surface area contributed by atoms with E-state index in [4.69, 9.17) is 0 Å². The van der Waals surface area contributed by atoms with Crippen molar-refractivity contribution in [3.8, 4) is 0 Å². The van der Waals surface area contributed by atoms with Gasteiger partial charge in [0.2, 0.25) is 0 Å². The third-order valence-electron chi connectivity index (χ3n) is 3.24. The van der Waals surface area contributed by atoms with E-state index < -0.39 is 0 Å². The van der Waals surface area contributed by atoms with Gasteiger partial charge in [-0.05, 0) is 43.9 Å². The number of hydrogen-bond donors (Lipinski definition) is 1. The van der Waals surface area contributed by atoms with Crippen molar-refractivity contribution >= 4 is 0 Å². The summed E-state index contributed by atoms with van der Waals surface area (Å²) in [5.41, 5.74) is 1.41. The number of pyridine rings is 1. The molecule has 2 heteroatoms. The third kappa shape index (κ3) is 2.13. The Labute approximate surface area is 85.7 Å². The van der Waals surface area contributed by atoms with Crippen molar-refractivity contribution in [3.63, 3.8) is 0 Å². The summed E-state index contributed by atoms with van der Waals surface area (Å²) >= 11 is 0. The second kappa shape index (κ2) is 4.56. The van der Waals surface area contributed by atoms with Crippen LogP contribution in [0.2, 0.25) is 0 Å². The Kier molecular flexibility index (Phi) is 3.14. The summed E-state index contributed by atoms with van der Waals surface area (Å²) in [6.07, 6.45) is 9.12. The minimum atomic E-state index is 0.703. The van der Waals surface area contributed by atoms with Crippen LogP contribution in [0.4, 0.5) is 0 Å². The monoisotopic (exact) mass is 190 g/mol. The van der Waals surface area contributed by atoms with Crippen LogP contribution >= 0.6 is 0 Å². The van der Waals surface area contributed by atoms with E-state index in [1.807, 2.05) is 18.5 Å². The number of hydrogen-bond acceptors (Lipinski definition) is 2. The molecule has 0 bridgehead atoms. The largest absolute Gasteiger partial charge is 0.317 e. The van der Waals surface area contributed by atoms with Crippen molar-refractivity contribution in [3.05, 3.63) is 30.1 Å². The van der Waals surface area contributed by atoms with Crippen molar-refractivity contribution in [2.24, 2.45) is 0 Å². The highest BCUT2D eigenvalue weighted by atomic mass is 14.9. The molecule has 1 fully saturated rings. The van der Waals surface area contributed by atoms with Gasteiger partial charge in [0.1, 0.15) is 0 Å². The molecule has 2 rings (SSSR count). The summed E-state index contributed by atoms with van der Waals surface area (Å²) in [5, 5.41) is 3.38. The van der Waals surface area contributed by atoms with Crippen LogP contribution in [0.15, 0.2) is 24.5 Å². The zero-order valence-electron chi connectivity index (χ0n) is 8.74. The van der Waals surface area contributed by atoms with Crippen molar-refractivity contribution in [1.82, 2.24) is 10.3 Å². The number of aromatic nitrogens is 1.